The topological polar surface area (TPSA) is 178 Å². The SMILES string of the molecule is N[C@H](CCc1ccccc1)C(=O)NOCc1ccc(CNC(=O)CN2CCN(CC=O)CCN(CC=O)CCN(CC(=O)O)CC2)cc1. The third-order valence-electron chi connectivity index (χ3n) is 8.17. The van der Waals surface area contributed by atoms with Crippen molar-refractivity contribution >= 4 is 30.4 Å². The molecule has 5 N–H and O–H groups in total. The molecule has 1 fully saturated rings. The summed E-state index contributed by atoms with van der Waals surface area (Å²) in [7, 11) is 0. The molecule has 1 aliphatic heterocycles. The lowest BCUT2D eigenvalue weighted by molar-refractivity contribution is -0.138. The number of carboxylic acids is 1. The first-order valence-electron chi connectivity index (χ1n) is 16.3. The minimum Gasteiger partial charge on any atom is -0.480 e. The number of carboxylic acid groups (broad SMARTS) is 1. The highest BCUT2D eigenvalue weighted by Gasteiger charge is 2.19. The Morgan fingerprint density at radius 3 is 1.81 bits per heavy atom. The molecule has 1 saturated heterocycles. The number of nitrogens with one attached hydrogen (secondary N) is 2. The molecule has 14 heteroatoms. The van der Waals surface area contributed by atoms with Gasteiger partial charge < -0.3 is 25.7 Å². The maximum Gasteiger partial charge on any atom is 0.317 e. The van der Waals surface area contributed by atoms with Gasteiger partial charge in [-0.05, 0) is 29.5 Å². The number of carbonyl (C=O) groups is 5. The predicted octanol–water partition coefficient (Wildman–Crippen LogP) is -0.485. The van der Waals surface area contributed by atoms with Gasteiger partial charge in [0.15, 0.2) is 0 Å². The van der Waals surface area contributed by atoms with Gasteiger partial charge in [-0.1, -0.05) is 54.6 Å². The minimum absolute atomic E-state index is 0.117. The van der Waals surface area contributed by atoms with Crippen LogP contribution in [0.4, 0.5) is 0 Å². The van der Waals surface area contributed by atoms with Gasteiger partial charge in [0.25, 0.3) is 5.91 Å². The first-order chi connectivity index (χ1) is 23.2. The number of aryl methyl sites for hydroxylation is 1. The normalized spacial score (nSPS) is 16.6. The molecule has 1 heterocycles. The predicted molar refractivity (Wildman–Crippen MR) is 179 cm³/mol. The van der Waals surface area contributed by atoms with Crippen LogP contribution in [0.1, 0.15) is 23.1 Å². The lowest BCUT2D eigenvalue weighted by Gasteiger charge is -2.32. The van der Waals surface area contributed by atoms with Crippen molar-refractivity contribution in [2.45, 2.75) is 32.0 Å². The Balaban J connectivity index is 1.45. The summed E-state index contributed by atoms with van der Waals surface area (Å²) in [5.41, 5.74) is 11.3. The van der Waals surface area contributed by atoms with Crippen molar-refractivity contribution in [2.75, 3.05) is 78.5 Å². The summed E-state index contributed by atoms with van der Waals surface area (Å²) in [5.74, 6) is -1.49. The van der Waals surface area contributed by atoms with Crippen molar-refractivity contribution in [2.24, 2.45) is 5.73 Å². The van der Waals surface area contributed by atoms with E-state index in [1.54, 1.807) is 0 Å². The molecule has 14 nitrogen and oxygen atoms in total. The van der Waals surface area contributed by atoms with Crippen LogP contribution in [-0.2, 0) is 48.4 Å². The highest BCUT2D eigenvalue weighted by molar-refractivity contribution is 5.80. The number of hydrogen-bond donors (Lipinski definition) is 4. The van der Waals surface area contributed by atoms with Gasteiger partial charge >= 0.3 is 5.97 Å². The number of carbonyl (C=O) groups excluding carboxylic acids is 4. The van der Waals surface area contributed by atoms with E-state index >= 15 is 0 Å². The zero-order valence-corrected chi connectivity index (χ0v) is 27.5. The molecule has 2 aromatic rings. The standard InChI is InChI=1S/C34H49N7O7/c35-31(11-10-28-4-2-1-3-5-28)34(47)37-48-27-30-8-6-29(7-9-30)24-36-32(44)25-40-16-14-38(20-22-42)12-13-39(21-23-43)15-17-41(19-18-40)26-33(45)46/h1-9,22-23,31H,10-21,24-27,35H2,(H,36,44)(H,37,47)(H,45,46)/t31-/m1/s1. The summed E-state index contributed by atoms with van der Waals surface area (Å²) >= 11 is 0. The Morgan fingerprint density at radius 2 is 1.27 bits per heavy atom. The van der Waals surface area contributed by atoms with E-state index in [1.165, 1.54) is 0 Å². The maximum atomic E-state index is 13.0. The molecule has 0 aliphatic carbocycles. The molecule has 0 saturated carbocycles. The van der Waals surface area contributed by atoms with Crippen LogP contribution in [-0.4, -0.2) is 140 Å². The fourth-order valence-corrected chi connectivity index (χ4v) is 5.24. The number of aliphatic carboxylic acids is 1. The molecular formula is C34H49N7O7. The fourth-order valence-electron chi connectivity index (χ4n) is 5.24. The smallest absolute Gasteiger partial charge is 0.317 e. The molecule has 1 atom stereocenters. The molecule has 262 valence electrons. The minimum atomic E-state index is -0.938. The van der Waals surface area contributed by atoms with Crippen molar-refractivity contribution in [3.63, 3.8) is 0 Å². The third-order valence-corrected chi connectivity index (χ3v) is 8.17. The van der Waals surface area contributed by atoms with E-state index in [4.69, 9.17) is 10.6 Å². The number of hydroxylamine groups is 1. The number of rotatable bonds is 17. The van der Waals surface area contributed by atoms with Crippen LogP contribution in [0.5, 0.6) is 0 Å². The molecule has 48 heavy (non-hydrogen) atoms. The van der Waals surface area contributed by atoms with Crippen LogP contribution in [0.15, 0.2) is 54.6 Å². The summed E-state index contributed by atoms with van der Waals surface area (Å²) in [6.07, 6.45) is 2.87. The van der Waals surface area contributed by atoms with E-state index in [9.17, 15) is 29.1 Å². The highest BCUT2D eigenvalue weighted by Crippen LogP contribution is 2.07. The third kappa shape index (κ3) is 15.2. The Labute approximate surface area is 282 Å². The van der Waals surface area contributed by atoms with Gasteiger partial charge in [-0.2, -0.15) is 0 Å². The largest absolute Gasteiger partial charge is 0.480 e. The number of amides is 2. The summed E-state index contributed by atoms with van der Waals surface area (Å²) in [4.78, 5) is 72.2. The average Bonchev–Trinajstić information content (AvgIpc) is 3.08. The van der Waals surface area contributed by atoms with Gasteiger partial charge in [0.1, 0.15) is 12.6 Å². The number of nitrogens with two attached hydrogens (primary N) is 1. The van der Waals surface area contributed by atoms with E-state index in [1.807, 2.05) is 74.2 Å². The molecule has 0 aromatic heterocycles. The number of nitrogens with zero attached hydrogens (tertiary/aromatic N) is 4. The second kappa shape index (κ2) is 21.8. The average molecular weight is 668 g/mol. The van der Waals surface area contributed by atoms with Crippen molar-refractivity contribution in [3.05, 3.63) is 71.3 Å². The van der Waals surface area contributed by atoms with Gasteiger partial charge in [-0.15, -0.1) is 0 Å². The zero-order valence-electron chi connectivity index (χ0n) is 27.5. The molecule has 0 unspecified atom stereocenters. The van der Waals surface area contributed by atoms with Gasteiger partial charge in [0, 0.05) is 58.9 Å². The first-order valence-corrected chi connectivity index (χ1v) is 16.3. The Kier molecular flexibility index (Phi) is 17.4. The van der Waals surface area contributed by atoms with Crippen molar-refractivity contribution in [1.29, 1.82) is 0 Å². The molecule has 1 aliphatic rings. The van der Waals surface area contributed by atoms with Gasteiger partial charge in [0.2, 0.25) is 5.91 Å². The van der Waals surface area contributed by atoms with Crippen LogP contribution in [0.25, 0.3) is 0 Å². The molecule has 2 amide bonds. The summed E-state index contributed by atoms with van der Waals surface area (Å²) in [6.45, 7) is 5.02. The molecule has 0 bridgehead atoms. The van der Waals surface area contributed by atoms with Crippen LogP contribution in [0.3, 0.4) is 0 Å². The summed E-state index contributed by atoms with van der Waals surface area (Å²) in [6, 6.07) is 16.6. The lowest BCUT2D eigenvalue weighted by atomic mass is 10.1. The monoisotopic (exact) mass is 667 g/mol. The molecule has 2 aromatic carbocycles. The van der Waals surface area contributed by atoms with Gasteiger partial charge in [0.05, 0.1) is 38.8 Å². The second-order valence-corrected chi connectivity index (χ2v) is 11.9. The van der Waals surface area contributed by atoms with Crippen LogP contribution < -0.4 is 16.5 Å². The molecular weight excluding hydrogens is 618 g/mol. The second-order valence-electron chi connectivity index (χ2n) is 11.9. The molecule has 3 rings (SSSR count). The van der Waals surface area contributed by atoms with Gasteiger partial charge in [-0.25, -0.2) is 5.48 Å². The molecule has 0 spiro atoms. The Morgan fingerprint density at radius 1 is 0.750 bits per heavy atom. The Hall–Kier alpha value is -4.05. The van der Waals surface area contributed by atoms with Crippen LogP contribution in [0, 0.1) is 0 Å². The van der Waals surface area contributed by atoms with E-state index in [0.29, 0.717) is 71.7 Å². The van der Waals surface area contributed by atoms with Crippen molar-refractivity contribution < 1.29 is 33.9 Å². The van der Waals surface area contributed by atoms with Crippen LogP contribution >= 0.6 is 0 Å². The number of aldehydes is 2. The van der Waals surface area contributed by atoms with Crippen LogP contribution in [0.2, 0.25) is 0 Å². The Bertz CT molecular complexity index is 1280. The lowest BCUT2D eigenvalue weighted by Crippen LogP contribution is -2.49. The fraction of sp³-hybridized carbons (Fsp3) is 0.500. The highest BCUT2D eigenvalue weighted by atomic mass is 16.6. The van der Waals surface area contributed by atoms with E-state index in [-0.39, 0.29) is 44.6 Å². The number of benzene rings is 2. The summed E-state index contributed by atoms with van der Waals surface area (Å²) < 4.78 is 0. The van der Waals surface area contributed by atoms with Crippen molar-refractivity contribution in [1.82, 2.24) is 30.4 Å². The zero-order chi connectivity index (χ0) is 34.6. The maximum absolute atomic E-state index is 13.0. The summed E-state index contributed by atoms with van der Waals surface area (Å²) in [5, 5.41) is 12.3. The van der Waals surface area contributed by atoms with Gasteiger partial charge in [-0.3, -0.25) is 38.8 Å². The molecule has 0 radical (unpaired) electrons. The van der Waals surface area contributed by atoms with E-state index < -0.39 is 12.0 Å². The van der Waals surface area contributed by atoms with E-state index in [0.717, 1.165) is 29.3 Å². The first kappa shape index (κ1) is 38.4. The quantitative estimate of drug-likeness (QED) is 0.126. The van der Waals surface area contributed by atoms with Crippen molar-refractivity contribution in [3.8, 4) is 0 Å². The van der Waals surface area contributed by atoms with E-state index in [2.05, 4.69) is 10.8 Å². The number of hydrogen-bond acceptors (Lipinski definition) is 11.